The molecule has 0 saturated heterocycles. The third-order valence-electron chi connectivity index (χ3n) is 17.5. The first-order valence-corrected chi connectivity index (χ1v) is 23.3. The number of benzene rings is 7. The number of hydrogen-bond acceptors (Lipinski definition) is 2. The highest BCUT2D eigenvalue weighted by molar-refractivity contribution is 6.10. The molecule has 0 radical (unpaired) electrons. The molecular weight excluding hydrogens is 737 g/mol. The Labute approximate surface area is 363 Å². The molecule has 2 nitrogen and oxygen atoms in total. The molecule has 0 spiro atoms. The summed E-state index contributed by atoms with van der Waals surface area (Å²) in [6.45, 7) is 10.4. The normalized spacial score (nSPS) is 27.0. The van der Waals surface area contributed by atoms with Gasteiger partial charge in [-0.15, -0.1) is 0 Å². The Kier molecular flexibility index (Phi) is 8.05. The maximum absolute atomic E-state index is 2.85. The van der Waals surface area contributed by atoms with Gasteiger partial charge in [-0.3, -0.25) is 0 Å². The van der Waals surface area contributed by atoms with Gasteiger partial charge in [-0.2, -0.15) is 0 Å². The van der Waals surface area contributed by atoms with Crippen LogP contribution in [-0.2, 0) is 18.3 Å². The quantitative estimate of drug-likeness (QED) is 0.175. The number of fused-ring (bicyclic) bond motifs is 9. The van der Waals surface area contributed by atoms with Crippen LogP contribution in [0.25, 0.3) is 21.9 Å². The molecule has 0 amide bonds. The van der Waals surface area contributed by atoms with Crippen molar-refractivity contribution in [3.8, 4) is 11.1 Å². The van der Waals surface area contributed by atoms with Gasteiger partial charge in [0, 0.05) is 39.2 Å². The van der Waals surface area contributed by atoms with Crippen molar-refractivity contribution >= 4 is 33.5 Å². The lowest BCUT2D eigenvalue weighted by atomic mass is 9.57. The maximum atomic E-state index is 2.85. The van der Waals surface area contributed by atoms with Crippen molar-refractivity contribution in [2.75, 3.05) is 9.80 Å². The van der Waals surface area contributed by atoms with Gasteiger partial charge < -0.3 is 9.80 Å². The molecule has 2 saturated carbocycles. The molecule has 0 N–H and O–H groups in total. The zero-order valence-electron chi connectivity index (χ0n) is 36.5. The van der Waals surface area contributed by atoms with E-state index in [4.69, 9.17) is 0 Å². The van der Waals surface area contributed by atoms with Crippen molar-refractivity contribution in [2.45, 2.75) is 108 Å². The predicted octanol–water partition coefficient (Wildman–Crippen LogP) is 15.3. The van der Waals surface area contributed by atoms with Gasteiger partial charge in [-0.1, -0.05) is 167 Å². The van der Waals surface area contributed by atoms with E-state index in [0.717, 1.165) is 12.8 Å². The van der Waals surface area contributed by atoms with E-state index < -0.39 is 5.41 Å². The Balaban J connectivity index is 1.19. The van der Waals surface area contributed by atoms with E-state index in [1.807, 2.05) is 0 Å². The lowest BCUT2D eigenvalue weighted by Crippen LogP contribution is -2.60. The van der Waals surface area contributed by atoms with Crippen LogP contribution < -0.4 is 9.80 Å². The SMILES string of the molecule is CC12CCCCC1(C)N(c1ccc3c(c1)C(c1ccccc1)(c1ccccc1)c1cc(N4c5ccccc5CC5(C)CCCCC45C)c4ccccc4c1-3)c1ccccc1C2. The lowest BCUT2D eigenvalue weighted by molar-refractivity contribution is 0.0862. The summed E-state index contributed by atoms with van der Waals surface area (Å²) in [4.78, 5) is 5.64. The highest BCUT2D eigenvalue weighted by Crippen LogP contribution is 2.64. The fourth-order valence-electron chi connectivity index (χ4n) is 14.0. The smallest absolute Gasteiger partial charge is 0.0715 e. The van der Waals surface area contributed by atoms with E-state index in [1.165, 1.54) is 129 Å². The van der Waals surface area contributed by atoms with Crippen LogP contribution in [0, 0.1) is 10.8 Å². The molecule has 61 heavy (non-hydrogen) atoms. The fraction of sp³-hybridized carbons (Fsp3) is 0.322. The van der Waals surface area contributed by atoms with Gasteiger partial charge in [0.15, 0.2) is 0 Å². The van der Waals surface area contributed by atoms with Gasteiger partial charge in [0.25, 0.3) is 0 Å². The van der Waals surface area contributed by atoms with Crippen molar-refractivity contribution in [2.24, 2.45) is 10.8 Å². The summed E-state index contributed by atoms with van der Waals surface area (Å²) in [5.41, 5.74) is 16.2. The molecule has 2 aliphatic heterocycles. The number of rotatable bonds is 4. The van der Waals surface area contributed by atoms with E-state index in [0.29, 0.717) is 0 Å². The molecule has 3 aliphatic carbocycles. The topological polar surface area (TPSA) is 6.48 Å². The number of anilines is 4. The molecule has 7 aromatic rings. The minimum atomic E-state index is -0.555. The molecule has 0 bridgehead atoms. The largest absolute Gasteiger partial charge is 0.335 e. The first kappa shape index (κ1) is 37.2. The second-order valence-electron chi connectivity index (χ2n) is 20.4. The maximum Gasteiger partial charge on any atom is 0.0715 e. The summed E-state index contributed by atoms with van der Waals surface area (Å²) in [6.07, 6.45) is 12.3. The Hall–Kier alpha value is -5.60. The number of nitrogens with zero attached hydrogens (tertiary/aromatic N) is 2. The summed E-state index contributed by atoms with van der Waals surface area (Å²) in [7, 11) is 0. The first-order valence-electron chi connectivity index (χ1n) is 23.3. The monoisotopic (exact) mass is 794 g/mol. The Morgan fingerprint density at radius 2 is 0.902 bits per heavy atom. The summed E-state index contributed by atoms with van der Waals surface area (Å²) >= 11 is 0. The zero-order valence-corrected chi connectivity index (χ0v) is 36.5. The summed E-state index contributed by atoms with van der Waals surface area (Å²) in [5, 5.41) is 2.69. The minimum Gasteiger partial charge on any atom is -0.335 e. The fourth-order valence-corrected chi connectivity index (χ4v) is 14.0. The van der Waals surface area contributed by atoms with Crippen LogP contribution in [-0.4, -0.2) is 11.1 Å². The minimum absolute atomic E-state index is 0.00887. The predicted molar refractivity (Wildman–Crippen MR) is 256 cm³/mol. The molecular formula is C59H58N2. The molecule has 2 fully saturated rings. The molecule has 2 heterocycles. The van der Waals surface area contributed by atoms with E-state index in [-0.39, 0.29) is 21.9 Å². The summed E-state index contributed by atoms with van der Waals surface area (Å²) in [5.74, 6) is 0. The average molecular weight is 795 g/mol. The Bertz CT molecular complexity index is 2820. The van der Waals surface area contributed by atoms with Crippen LogP contribution >= 0.6 is 0 Å². The molecule has 4 unspecified atom stereocenters. The van der Waals surface area contributed by atoms with Crippen LogP contribution in [0.2, 0.25) is 0 Å². The molecule has 7 aromatic carbocycles. The summed E-state index contributed by atoms with van der Waals surface area (Å²) < 4.78 is 0. The molecule has 5 aliphatic rings. The zero-order chi connectivity index (χ0) is 41.2. The number of hydrogen-bond donors (Lipinski definition) is 0. The van der Waals surface area contributed by atoms with Crippen LogP contribution in [0.5, 0.6) is 0 Å². The van der Waals surface area contributed by atoms with Crippen molar-refractivity contribution in [3.63, 3.8) is 0 Å². The van der Waals surface area contributed by atoms with Crippen LogP contribution in [0.15, 0.2) is 158 Å². The second kappa shape index (κ2) is 13.2. The Morgan fingerprint density at radius 1 is 0.410 bits per heavy atom. The molecule has 2 heteroatoms. The highest BCUT2D eigenvalue weighted by Gasteiger charge is 2.57. The first-order chi connectivity index (χ1) is 29.7. The van der Waals surface area contributed by atoms with Crippen LogP contribution in [0.4, 0.5) is 22.7 Å². The van der Waals surface area contributed by atoms with Crippen molar-refractivity contribution in [3.05, 3.63) is 191 Å². The molecule has 12 rings (SSSR count). The third kappa shape index (κ3) is 4.91. The Morgan fingerprint density at radius 3 is 1.51 bits per heavy atom. The van der Waals surface area contributed by atoms with E-state index >= 15 is 0 Å². The molecule has 4 atom stereocenters. The number of para-hydroxylation sites is 2. The van der Waals surface area contributed by atoms with Gasteiger partial charge in [-0.25, -0.2) is 0 Å². The average Bonchev–Trinajstić information content (AvgIpc) is 3.58. The van der Waals surface area contributed by atoms with Gasteiger partial charge in [0.2, 0.25) is 0 Å². The molecule has 304 valence electrons. The standard InChI is InChI=1S/C59H58N2/c1-55-33-17-19-35-57(55,3)60(51-29-15-11-21-41(51)39-55)45-31-32-48-49(37-45)59(43-23-7-5-8-24-43,44-25-9-6-10-26-44)50-38-53(46-27-13-14-28-47(46)54(48)50)61-52-30-16-12-22-42(52)40-56(2)34-18-20-36-58(56,61)4/h5-16,21-32,37-38H,17-20,33-36,39-40H2,1-4H3. The van der Waals surface area contributed by atoms with Crippen LogP contribution in [0.3, 0.4) is 0 Å². The van der Waals surface area contributed by atoms with Crippen molar-refractivity contribution in [1.29, 1.82) is 0 Å². The lowest BCUT2D eigenvalue weighted by Gasteiger charge is -2.60. The molecule has 0 aromatic heterocycles. The van der Waals surface area contributed by atoms with Gasteiger partial charge in [0.05, 0.1) is 5.41 Å². The van der Waals surface area contributed by atoms with Crippen molar-refractivity contribution in [1.82, 2.24) is 0 Å². The van der Waals surface area contributed by atoms with E-state index in [2.05, 4.69) is 195 Å². The second-order valence-corrected chi connectivity index (χ2v) is 20.4. The highest BCUT2D eigenvalue weighted by atomic mass is 15.2. The van der Waals surface area contributed by atoms with Crippen LogP contribution in [0.1, 0.15) is 112 Å². The van der Waals surface area contributed by atoms with E-state index in [1.54, 1.807) is 0 Å². The van der Waals surface area contributed by atoms with Gasteiger partial charge in [-0.05, 0) is 143 Å². The van der Waals surface area contributed by atoms with Gasteiger partial charge >= 0.3 is 0 Å². The van der Waals surface area contributed by atoms with Gasteiger partial charge in [0.1, 0.15) is 0 Å². The summed E-state index contributed by atoms with van der Waals surface area (Å²) in [6, 6.07) is 61.4. The van der Waals surface area contributed by atoms with E-state index in [9.17, 15) is 0 Å². The third-order valence-corrected chi connectivity index (χ3v) is 17.5. The van der Waals surface area contributed by atoms with Crippen molar-refractivity contribution < 1.29 is 0 Å².